The van der Waals surface area contributed by atoms with Gasteiger partial charge in [0.2, 0.25) is 0 Å². The molecule has 1 aromatic rings. The molecule has 1 saturated heterocycles. The Balaban J connectivity index is 1.53. The van der Waals surface area contributed by atoms with Gasteiger partial charge in [0.25, 0.3) is 0 Å². The molecule has 1 unspecified atom stereocenters. The van der Waals surface area contributed by atoms with Gasteiger partial charge < -0.3 is 5.32 Å². The van der Waals surface area contributed by atoms with E-state index in [1.807, 2.05) is 0 Å². The van der Waals surface area contributed by atoms with E-state index in [2.05, 4.69) is 34.0 Å². The van der Waals surface area contributed by atoms with Crippen molar-refractivity contribution in [1.29, 1.82) is 0 Å². The number of thiophene rings is 1. The zero-order chi connectivity index (χ0) is 11.9. The molecule has 2 nitrogen and oxygen atoms in total. The van der Waals surface area contributed by atoms with Crippen LogP contribution in [0.25, 0.3) is 0 Å². The zero-order valence-corrected chi connectivity index (χ0v) is 11.6. The molecule has 17 heavy (non-hydrogen) atoms. The summed E-state index contributed by atoms with van der Waals surface area (Å²) < 4.78 is 0. The third-order valence-corrected chi connectivity index (χ3v) is 4.42. The van der Waals surface area contributed by atoms with Gasteiger partial charge in [-0.2, -0.15) is 11.3 Å². The first-order chi connectivity index (χ1) is 8.36. The van der Waals surface area contributed by atoms with Crippen LogP contribution in [0.4, 0.5) is 0 Å². The van der Waals surface area contributed by atoms with E-state index in [1.165, 1.54) is 44.3 Å². The molecule has 1 aliphatic heterocycles. The second kappa shape index (κ2) is 7.14. The molecule has 0 aromatic carbocycles. The van der Waals surface area contributed by atoms with Crippen LogP contribution in [-0.2, 0) is 6.42 Å². The van der Waals surface area contributed by atoms with E-state index in [4.69, 9.17) is 0 Å². The predicted molar refractivity (Wildman–Crippen MR) is 75.8 cm³/mol. The molecule has 1 fully saturated rings. The summed E-state index contributed by atoms with van der Waals surface area (Å²) in [6.07, 6.45) is 5.36. The first kappa shape index (κ1) is 13.1. The number of hydrogen-bond donors (Lipinski definition) is 1. The topological polar surface area (TPSA) is 15.3 Å². The van der Waals surface area contributed by atoms with Crippen molar-refractivity contribution in [3.8, 4) is 0 Å². The van der Waals surface area contributed by atoms with Crippen molar-refractivity contribution in [3.05, 3.63) is 22.4 Å². The average Bonchev–Trinajstić information content (AvgIpc) is 2.84. The van der Waals surface area contributed by atoms with Crippen LogP contribution in [0, 0.1) is 0 Å². The molecule has 0 spiro atoms. The highest BCUT2D eigenvalue weighted by Gasteiger charge is 2.16. The molecule has 0 amide bonds. The molecule has 1 aliphatic rings. The van der Waals surface area contributed by atoms with Gasteiger partial charge in [0.1, 0.15) is 0 Å². The quantitative estimate of drug-likeness (QED) is 0.783. The van der Waals surface area contributed by atoms with Gasteiger partial charge in [-0.1, -0.05) is 6.42 Å². The fraction of sp³-hybridized carbons (Fsp3) is 0.714. The fourth-order valence-corrected chi connectivity index (χ4v) is 3.21. The molecule has 0 saturated carbocycles. The number of nitrogens with zero attached hydrogens (tertiary/aromatic N) is 1. The minimum absolute atomic E-state index is 0.794. The van der Waals surface area contributed by atoms with Crippen molar-refractivity contribution < 1.29 is 0 Å². The van der Waals surface area contributed by atoms with Gasteiger partial charge in [0, 0.05) is 19.1 Å². The van der Waals surface area contributed by atoms with Crippen LogP contribution in [0.2, 0.25) is 0 Å². The van der Waals surface area contributed by atoms with Gasteiger partial charge in [0.05, 0.1) is 0 Å². The van der Waals surface area contributed by atoms with E-state index >= 15 is 0 Å². The molecule has 0 radical (unpaired) electrons. The number of rotatable bonds is 6. The van der Waals surface area contributed by atoms with Crippen molar-refractivity contribution in [3.63, 3.8) is 0 Å². The smallest absolute Gasteiger partial charge is 0.0110 e. The van der Waals surface area contributed by atoms with E-state index in [-0.39, 0.29) is 0 Å². The summed E-state index contributed by atoms with van der Waals surface area (Å²) in [6.45, 7) is 7.12. The summed E-state index contributed by atoms with van der Waals surface area (Å²) in [5.74, 6) is 0. The minimum Gasteiger partial charge on any atom is -0.315 e. The normalized spacial score (nSPS) is 21.8. The zero-order valence-electron chi connectivity index (χ0n) is 10.8. The average molecular weight is 252 g/mol. The van der Waals surface area contributed by atoms with Crippen LogP contribution in [-0.4, -0.2) is 37.1 Å². The van der Waals surface area contributed by atoms with Crippen molar-refractivity contribution in [2.75, 3.05) is 26.2 Å². The lowest BCUT2D eigenvalue weighted by Gasteiger charge is -2.33. The highest BCUT2D eigenvalue weighted by molar-refractivity contribution is 7.07. The molecule has 0 bridgehead atoms. The Morgan fingerprint density at radius 2 is 2.35 bits per heavy atom. The Kier molecular flexibility index (Phi) is 5.49. The van der Waals surface area contributed by atoms with Gasteiger partial charge in [-0.25, -0.2) is 0 Å². The van der Waals surface area contributed by atoms with Crippen molar-refractivity contribution in [2.24, 2.45) is 0 Å². The number of likely N-dealkylation sites (tertiary alicyclic amines) is 1. The van der Waals surface area contributed by atoms with Crippen LogP contribution in [0.1, 0.15) is 31.7 Å². The third kappa shape index (κ3) is 4.41. The summed E-state index contributed by atoms with van der Waals surface area (Å²) in [5.41, 5.74) is 1.47. The largest absolute Gasteiger partial charge is 0.315 e. The molecular weight excluding hydrogens is 228 g/mol. The second-order valence-electron chi connectivity index (χ2n) is 5.01. The van der Waals surface area contributed by atoms with Crippen LogP contribution in [0.5, 0.6) is 0 Å². The maximum Gasteiger partial charge on any atom is 0.0110 e. The van der Waals surface area contributed by atoms with Crippen molar-refractivity contribution in [1.82, 2.24) is 10.2 Å². The fourth-order valence-electron chi connectivity index (χ4n) is 2.51. The Hall–Kier alpha value is -0.380. The Morgan fingerprint density at radius 1 is 1.41 bits per heavy atom. The first-order valence-electron chi connectivity index (χ1n) is 6.82. The third-order valence-electron chi connectivity index (χ3n) is 3.69. The maximum absolute atomic E-state index is 3.55. The first-order valence-corrected chi connectivity index (χ1v) is 7.76. The highest BCUT2D eigenvalue weighted by atomic mass is 32.1. The molecule has 2 heterocycles. The van der Waals surface area contributed by atoms with Gasteiger partial charge in [-0.3, -0.25) is 4.90 Å². The predicted octanol–water partition coefficient (Wildman–Crippen LogP) is 2.75. The molecular formula is C14H24N2S. The maximum atomic E-state index is 3.55. The summed E-state index contributed by atoms with van der Waals surface area (Å²) >= 11 is 1.79. The summed E-state index contributed by atoms with van der Waals surface area (Å²) in [6, 6.07) is 3.02. The van der Waals surface area contributed by atoms with E-state index in [1.54, 1.807) is 11.3 Å². The van der Waals surface area contributed by atoms with Gasteiger partial charge in [0.15, 0.2) is 0 Å². The van der Waals surface area contributed by atoms with Crippen molar-refractivity contribution >= 4 is 11.3 Å². The molecule has 0 aliphatic carbocycles. The van der Waals surface area contributed by atoms with Crippen LogP contribution >= 0.6 is 11.3 Å². The van der Waals surface area contributed by atoms with Gasteiger partial charge >= 0.3 is 0 Å². The van der Waals surface area contributed by atoms with Crippen LogP contribution in [0.15, 0.2) is 16.8 Å². The number of hydrogen-bond acceptors (Lipinski definition) is 3. The molecule has 2 rings (SSSR count). The minimum atomic E-state index is 0.794. The highest BCUT2D eigenvalue weighted by Crippen LogP contribution is 2.15. The molecule has 3 heteroatoms. The summed E-state index contributed by atoms with van der Waals surface area (Å²) in [7, 11) is 0. The Morgan fingerprint density at radius 3 is 3.12 bits per heavy atom. The van der Waals surface area contributed by atoms with E-state index in [9.17, 15) is 0 Å². The lowest BCUT2D eigenvalue weighted by atomic mass is 10.0. The lowest BCUT2D eigenvalue weighted by molar-refractivity contribution is 0.162. The summed E-state index contributed by atoms with van der Waals surface area (Å²) in [5, 5.41) is 7.96. The monoisotopic (exact) mass is 252 g/mol. The molecule has 1 aromatic heterocycles. The Labute approximate surface area is 109 Å². The van der Waals surface area contributed by atoms with Gasteiger partial charge in [-0.15, -0.1) is 0 Å². The van der Waals surface area contributed by atoms with E-state index in [0.717, 1.165) is 19.1 Å². The standard InChI is InChI=1S/C14H24N2S/c1-13-4-2-3-9-16(13)10-8-15-7-5-14-6-11-17-12-14/h6,11-13,15H,2-5,7-10H2,1H3. The Bertz CT molecular complexity index is 297. The second-order valence-corrected chi connectivity index (χ2v) is 5.79. The number of nitrogens with one attached hydrogen (secondary N) is 1. The molecule has 1 N–H and O–H groups in total. The molecule has 1 atom stereocenters. The van der Waals surface area contributed by atoms with E-state index in [0.29, 0.717) is 0 Å². The van der Waals surface area contributed by atoms with Crippen LogP contribution in [0.3, 0.4) is 0 Å². The molecule has 96 valence electrons. The SMILES string of the molecule is CC1CCCCN1CCNCCc1ccsc1. The van der Waals surface area contributed by atoms with E-state index < -0.39 is 0 Å². The number of piperidine rings is 1. The van der Waals surface area contributed by atoms with Gasteiger partial charge in [-0.05, 0) is 61.7 Å². The lowest BCUT2D eigenvalue weighted by Crippen LogP contribution is -2.41. The van der Waals surface area contributed by atoms with Crippen molar-refractivity contribution in [2.45, 2.75) is 38.6 Å². The van der Waals surface area contributed by atoms with Crippen LogP contribution < -0.4 is 5.32 Å². The summed E-state index contributed by atoms with van der Waals surface area (Å²) in [4.78, 5) is 2.63.